The van der Waals surface area contributed by atoms with Crippen LogP contribution in [-0.2, 0) is 14.3 Å². The molecule has 1 heterocycles. The Balaban J connectivity index is 2.33. The van der Waals surface area contributed by atoms with E-state index < -0.39 is 0 Å². The summed E-state index contributed by atoms with van der Waals surface area (Å²) in [6.45, 7) is 4.35. The van der Waals surface area contributed by atoms with E-state index in [4.69, 9.17) is 4.74 Å². The molecule has 1 atom stereocenters. The first-order valence-electron chi connectivity index (χ1n) is 5.73. The van der Waals surface area contributed by atoms with Gasteiger partial charge in [-0.25, -0.2) is 0 Å². The molecule has 5 nitrogen and oxygen atoms in total. The SMILES string of the molecule is CCCN1CC(C(=O)NCCOC)CC1=O. The maximum Gasteiger partial charge on any atom is 0.225 e. The predicted octanol–water partition coefficient (Wildman–Crippen LogP) is 0.00750. The van der Waals surface area contributed by atoms with E-state index in [-0.39, 0.29) is 17.7 Å². The van der Waals surface area contributed by atoms with Crippen molar-refractivity contribution in [3.8, 4) is 0 Å². The highest BCUT2D eigenvalue weighted by Crippen LogP contribution is 2.17. The predicted molar refractivity (Wildman–Crippen MR) is 59.9 cm³/mol. The number of hydrogen-bond donors (Lipinski definition) is 1. The van der Waals surface area contributed by atoms with Gasteiger partial charge in [0.2, 0.25) is 11.8 Å². The second kappa shape index (κ2) is 6.48. The van der Waals surface area contributed by atoms with Gasteiger partial charge in [-0.15, -0.1) is 0 Å². The van der Waals surface area contributed by atoms with Gasteiger partial charge in [0.05, 0.1) is 12.5 Å². The van der Waals surface area contributed by atoms with E-state index in [0.717, 1.165) is 13.0 Å². The Labute approximate surface area is 96.1 Å². The molecule has 0 aromatic carbocycles. The number of carbonyl (C=O) groups excluding carboxylic acids is 2. The Hall–Kier alpha value is -1.10. The van der Waals surface area contributed by atoms with Crippen LogP contribution in [0.25, 0.3) is 0 Å². The molecule has 92 valence electrons. The number of hydrogen-bond acceptors (Lipinski definition) is 3. The summed E-state index contributed by atoms with van der Waals surface area (Å²) in [7, 11) is 1.59. The fourth-order valence-corrected chi connectivity index (χ4v) is 1.85. The number of ether oxygens (including phenoxy) is 1. The summed E-state index contributed by atoms with van der Waals surface area (Å²) >= 11 is 0. The monoisotopic (exact) mass is 228 g/mol. The molecule has 1 unspecified atom stereocenters. The molecule has 0 aromatic heterocycles. The molecule has 0 aliphatic carbocycles. The van der Waals surface area contributed by atoms with Crippen LogP contribution in [0.5, 0.6) is 0 Å². The summed E-state index contributed by atoms with van der Waals surface area (Å²) in [5, 5.41) is 2.77. The van der Waals surface area contributed by atoms with E-state index in [2.05, 4.69) is 5.32 Å². The number of amides is 2. The molecule has 0 radical (unpaired) electrons. The zero-order chi connectivity index (χ0) is 12.0. The topological polar surface area (TPSA) is 58.6 Å². The number of nitrogens with one attached hydrogen (secondary N) is 1. The van der Waals surface area contributed by atoms with E-state index >= 15 is 0 Å². The standard InChI is InChI=1S/C11H20N2O3/c1-3-5-13-8-9(7-10(13)14)11(15)12-4-6-16-2/h9H,3-8H2,1-2H3,(H,12,15). The van der Waals surface area contributed by atoms with Crippen molar-refractivity contribution in [1.82, 2.24) is 10.2 Å². The maximum atomic E-state index is 11.7. The molecule has 0 bridgehead atoms. The van der Waals surface area contributed by atoms with Crippen LogP contribution in [0.3, 0.4) is 0 Å². The van der Waals surface area contributed by atoms with Crippen molar-refractivity contribution in [2.75, 3.05) is 33.4 Å². The Morgan fingerprint density at radius 3 is 3.00 bits per heavy atom. The molecule has 1 rings (SSSR count). The van der Waals surface area contributed by atoms with Gasteiger partial charge in [-0.1, -0.05) is 6.92 Å². The molecule has 0 spiro atoms. The third kappa shape index (κ3) is 3.48. The highest BCUT2D eigenvalue weighted by molar-refractivity contribution is 5.89. The van der Waals surface area contributed by atoms with E-state index in [9.17, 15) is 9.59 Å². The van der Waals surface area contributed by atoms with Crippen LogP contribution in [-0.4, -0.2) is 50.1 Å². The highest BCUT2D eigenvalue weighted by Gasteiger charge is 2.33. The molecule has 0 saturated carbocycles. The minimum absolute atomic E-state index is 0.0380. The minimum atomic E-state index is -0.184. The molecule has 2 amide bonds. The Morgan fingerprint density at radius 2 is 2.38 bits per heavy atom. The number of likely N-dealkylation sites (tertiary alicyclic amines) is 1. The van der Waals surface area contributed by atoms with Crippen LogP contribution in [0.4, 0.5) is 0 Å². The van der Waals surface area contributed by atoms with Gasteiger partial charge in [-0.3, -0.25) is 9.59 Å². The van der Waals surface area contributed by atoms with E-state index in [1.54, 1.807) is 12.0 Å². The Kier molecular flexibility index (Phi) is 5.25. The van der Waals surface area contributed by atoms with Crippen LogP contribution in [0.2, 0.25) is 0 Å². The minimum Gasteiger partial charge on any atom is -0.383 e. The van der Waals surface area contributed by atoms with E-state index in [0.29, 0.717) is 26.1 Å². The van der Waals surface area contributed by atoms with Crippen molar-refractivity contribution in [1.29, 1.82) is 0 Å². The van der Waals surface area contributed by atoms with Crippen molar-refractivity contribution in [3.63, 3.8) is 0 Å². The van der Waals surface area contributed by atoms with Gasteiger partial charge in [-0.05, 0) is 6.42 Å². The molecule has 0 aromatic rings. The lowest BCUT2D eigenvalue weighted by atomic mass is 10.1. The van der Waals surface area contributed by atoms with Gasteiger partial charge in [0.25, 0.3) is 0 Å². The molecule has 1 saturated heterocycles. The zero-order valence-corrected chi connectivity index (χ0v) is 9.99. The lowest BCUT2D eigenvalue weighted by Gasteiger charge is -2.15. The van der Waals surface area contributed by atoms with Crippen molar-refractivity contribution in [2.45, 2.75) is 19.8 Å². The summed E-state index contributed by atoms with van der Waals surface area (Å²) in [4.78, 5) is 25.0. The fraction of sp³-hybridized carbons (Fsp3) is 0.818. The van der Waals surface area contributed by atoms with Gasteiger partial charge >= 0.3 is 0 Å². The van der Waals surface area contributed by atoms with Crippen molar-refractivity contribution >= 4 is 11.8 Å². The number of rotatable bonds is 6. The largest absolute Gasteiger partial charge is 0.383 e. The molecular formula is C11H20N2O3. The van der Waals surface area contributed by atoms with Gasteiger partial charge in [-0.2, -0.15) is 0 Å². The number of carbonyl (C=O) groups is 2. The average molecular weight is 228 g/mol. The first-order chi connectivity index (χ1) is 7.69. The summed E-state index contributed by atoms with van der Waals surface area (Å²) in [6.07, 6.45) is 1.28. The quantitative estimate of drug-likeness (QED) is 0.651. The van der Waals surface area contributed by atoms with Gasteiger partial charge in [0, 0.05) is 33.2 Å². The van der Waals surface area contributed by atoms with Crippen LogP contribution in [0.15, 0.2) is 0 Å². The zero-order valence-electron chi connectivity index (χ0n) is 9.99. The molecule has 1 aliphatic heterocycles. The maximum absolute atomic E-state index is 11.7. The van der Waals surface area contributed by atoms with Gasteiger partial charge in [0.15, 0.2) is 0 Å². The van der Waals surface area contributed by atoms with Crippen molar-refractivity contribution < 1.29 is 14.3 Å². The smallest absolute Gasteiger partial charge is 0.225 e. The van der Waals surface area contributed by atoms with Crippen molar-refractivity contribution in [2.24, 2.45) is 5.92 Å². The summed E-state index contributed by atoms with van der Waals surface area (Å²) in [5.41, 5.74) is 0. The molecule has 1 N–H and O–H groups in total. The number of methoxy groups -OCH3 is 1. The van der Waals surface area contributed by atoms with Crippen LogP contribution in [0.1, 0.15) is 19.8 Å². The Bertz CT molecular complexity index is 256. The third-order valence-corrected chi connectivity index (χ3v) is 2.68. The second-order valence-corrected chi connectivity index (χ2v) is 4.02. The molecule has 1 fully saturated rings. The van der Waals surface area contributed by atoms with E-state index in [1.807, 2.05) is 6.92 Å². The van der Waals surface area contributed by atoms with Crippen LogP contribution in [0, 0.1) is 5.92 Å². The lowest BCUT2D eigenvalue weighted by molar-refractivity contribution is -0.129. The summed E-state index contributed by atoms with van der Waals surface area (Å²) in [6, 6.07) is 0. The van der Waals surface area contributed by atoms with Crippen LogP contribution >= 0.6 is 0 Å². The van der Waals surface area contributed by atoms with Crippen molar-refractivity contribution in [3.05, 3.63) is 0 Å². The fourth-order valence-electron chi connectivity index (χ4n) is 1.85. The third-order valence-electron chi connectivity index (χ3n) is 2.68. The number of nitrogens with zero attached hydrogens (tertiary/aromatic N) is 1. The summed E-state index contributed by atoms with van der Waals surface area (Å²) in [5.74, 6) is -0.131. The Morgan fingerprint density at radius 1 is 1.62 bits per heavy atom. The molecule has 1 aliphatic rings. The van der Waals surface area contributed by atoms with Gasteiger partial charge < -0.3 is 15.0 Å². The first-order valence-corrected chi connectivity index (χ1v) is 5.73. The molecule has 5 heteroatoms. The average Bonchev–Trinajstić information content (AvgIpc) is 2.61. The van der Waals surface area contributed by atoms with Gasteiger partial charge in [0.1, 0.15) is 0 Å². The summed E-state index contributed by atoms with van der Waals surface area (Å²) < 4.78 is 4.84. The molecule has 16 heavy (non-hydrogen) atoms. The normalized spacial score (nSPS) is 20.2. The first kappa shape index (κ1) is 13.0. The second-order valence-electron chi connectivity index (χ2n) is 4.02. The van der Waals surface area contributed by atoms with E-state index in [1.165, 1.54) is 0 Å². The molecular weight excluding hydrogens is 208 g/mol. The lowest BCUT2D eigenvalue weighted by Crippen LogP contribution is -2.34. The van der Waals surface area contributed by atoms with Crippen LogP contribution < -0.4 is 5.32 Å². The highest BCUT2D eigenvalue weighted by atomic mass is 16.5.